The largest absolute Gasteiger partial charge is 0.507 e. The fraction of sp³-hybridized carbons (Fsp3) is 0.500. The van der Waals surface area contributed by atoms with Gasteiger partial charge in [0.2, 0.25) is 0 Å². The first-order valence-electron chi connectivity index (χ1n) is 5.64. The van der Waals surface area contributed by atoms with Crippen molar-refractivity contribution in [3.63, 3.8) is 0 Å². The van der Waals surface area contributed by atoms with Gasteiger partial charge in [0.15, 0.2) is 0 Å². The summed E-state index contributed by atoms with van der Waals surface area (Å²) in [4.78, 5) is 4.75. The van der Waals surface area contributed by atoms with Crippen LogP contribution in [0.2, 0.25) is 0 Å². The van der Waals surface area contributed by atoms with Crippen molar-refractivity contribution in [1.29, 1.82) is 0 Å². The zero-order valence-corrected chi connectivity index (χ0v) is 14.1. The zero-order chi connectivity index (χ0) is 12.4. The van der Waals surface area contributed by atoms with Crippen molar-refractivity contribution in [2.24, 2.45) is 0 Å². The van der Waals surface area contributed by atoms with E-state index in [2.05, 4.69) is 68.1 Å². The molecule has 1 saturated heterocycles. The van der Waals surface area contributed by atoms with Crippen LogP contribution in [0.4, 0.5) is 0 Å². The SMILES string of the molecule is CN1CCN(Cc2cc(I)cc(I)c2O)CC1. The minimum absolute atomic E-state index is 0.449. The molecule has 0 amide bonds. The van der Waals surface area contributed by atoms with Crippen LogP contribution < -0.4 is 0 Å². The Kier molecular flexibility index (Phi) is 4.90. The van der Waals surface area contributed by atoms with Gasteiger partial charge in [-0.25, -0.2) is 0 Å². The first-order valence-corrected chi connectivity index (χ1v) is 7.80. The highest BCUT2D eigenvalue weighted by molar-refractivity contribution is 14.1. The Balaban J connectivity index is 2.08. The van der Waals surface area contributed by atoms with Crippen LogP contribution in [0.25, 0.3) is 0 Å². The van der Waals surface area contributed by atoms with Crippen molar-refractivity contribution < 1.29 is 5.11 Å². The number of hydrogen-bond donors (Lipinski definition) is 1. The van der Waals surface area contributed by atoms with E-state index < -0.39 is 0 Å². The Hall–Kier alpha value is 0.400. The Morgan fingerprint density at radius 3 is 2.47 bits per heavy atom. The van der Waals surface area contributed by atoms with Gasteiger partial charge >= 0.3 is 0 Å². The van der Waals surface area contributed by atoms with Gasteiger partial charge in [0, 0.05) is 41.9 Å². The lowest BCUT2D eigenvalue weighted by Crippen LogP contribution is -2.43. The topological polar surface area (TPSA) is 26.7 Å². The number of nitrogens with zero attached hydrogens (tertiary/aromatic N) is 2. The number of aromatic hydroxyl groups is 1. The molecule has 1 aromatic rings. The zero-order valence-electron chi connectivity index (χ0n) is 9.79. The van der Waals surface area contributed by atoms with Crippen LogP contribution in [0.15, 0.2) is 12.1 Å². The minimum Gasteiger partial charge on any atom is -0.507 e. The first kappa shape index (κ1) is 13.8. The fourth-order valence-corrected chi connectivity index (χ4v) is 3.95. The number of halogens is 2. The highest BCUT2D eigenvalue weighted by atomic mass is 127. The summed E-state index contributed by atoms with van der Waals surface area (Å²) >= 11 is 4.49. The molecule has 1 heterocycles. The van der Waals surface area contributed by atoms with Gasteiger partial charge in [0.1, 0.15) is 5.75 Å². The summed E-state index contributed by atoms with van der Waals surface area (Å²) in [5, 5.41) is 10.1. The smallest absolute Gasteiger partial charge is 0.133 e. The van der Waals surface area contributed by atoms with Gasteiger partial charge in [0.25, 0.3) is 0 Å². The number of rotatable bonds is 2. The minimum atomic E-state index is 0.449. The molecule has 0 aromatic heterocycles. The summed E-state index contributed by atoms with van der Waals surface area (Å²) < 4.78 is 2.13. The number of hydrogen-bond acceptors (Lipinski definition) is 3. The maximum atomic E-state index is 10.1. The average molecular weight is 458 g/mol. The van der Waals surface area contributed by atoms with Gasteiger partial charge in [-0.3, -0.25) is 4.90 Å². The summed E-state index contributed by atoms with van der Waals surface area (Å²) in [5.41, 5.74) is 1.05. The quantitative estimate of drug-likeness (QED) is 0.690. The van der Waals surface area contributed by atoms with Crippen LogP contribution in [0.1, 0.15) is 5.56 Å². The van der Waals surface area contributed by atoms with E-state index in [1.165, 1.54) is 3.57 Å². The molecule has 0 spiro atoms. The first-order chi connectivity index (χ1) is 8.06. The highest BCUT2D eigenvalue weighted by Gasteiger charge is 2.16. The second-order valence-electron chi connectivity index (χ2n) is 4.47. The molecule has 1 N–H and O–H groups in total. The normalized spacial score (nSPS) is 18.5. The number of benzene rings is 1. The molecule has 0 atom stereocenters. The van der Waals surface area contributed by atoms with Crippen molar-refractivity contribution in [3.05, 3.63) is 24.8 Å². The molecular formula is C12H16I2N2O. The van der Waals surface area contributed by atoms with Crippen LogP contribution in [0, 0.1) is 7.14 Å². The molecule has 3 nitrogen and oxygen atoms in total. The van der Waals surface area contributed by atoms with Crippen molar-refractivity contribution >= 4 is 45.2 Å². The van der Waals surface area contributed by atoms with E-state index in [-0.39, 0.29) is 0 Å². The molecule has 2 rings (SSSR count). The van der Waals surface area contributed by atoms with Crippen molar-refractivity contribution in [2.75, 3.05) is 33.2 Å². The molecule has 1 aliphatic heterocycles. The Morgan fingerprint density at radius 2 is 1.82 bits per heavy atom. The molecule has 1 aliphatic rings. The predicted octanol–water partition coefficient (Wildman–Crippen LogP) is 2.35. The van der Waals surface area contributed by atoms with Gasteiger partial charge in [-0.2, -0.15) is 0 Å². The third kappa shape index (κ3) is 3.68. The van der Waals surface area contributed by atoms with Crippen LogP contribution >= 0.6 is 45.2 Å². The molecule has 0 bridgehead atoms. The fourth-order valence-electron chi connectivity index (χ4n) is 1.99. The van der Waals surface area contributed by atoms with Gasteiger partial charge in [-0.1, -0.05) is 0 Å². The lowest BCUT2D eigenvalue weighted by atomic mass is 10.2. The van der Waals surface area contributed by atoms with E-state index in [9.17, 15) is 5.11 Å². The van der Waals surface area contributed by atoms with Crippen molar-refractivity contribution in [3.8, 4) is 5.75 Å². The molecule has 0 radical (unpaired) electrons. The Labute approximate surface area is 129 Å². The molecule has 5 heteroatoms. The Bertz CT molecular complexity index is 404. The summed E-state index contributed by atoms with van der Waals surface area (Å²) in [6.07, 6.45) is 0. The maximum Gasteiger partial charge on any atom is 0.133 e. The monoisotopic (exact) mass is 458 g/mol. The number of likely N-dealkylation sites (N-methyl/N-ethyl adjacent to an activating group) is 1. The third-order valence-corrected chi connectivity index (χ3v) is 4.54. The number of piperazine rings is 1. The lowest BCUT2D eigenvalue weighted by Gasteiger charge is -2.32. The third-order valence-electron chi connectivity index (χ3n) is 3.10. The number of phenolic OH excluding ortho intramolecular Hbond substituents is 1. The molecule has 1 fully saturated rings. The average Bonchev–Trinajstić information content (AvgIpc) is 2.28. The molecule has 0 aliphatic carbocycles. The maximum absolute atomic E-state index is 10.1. The van der Waals surface area contributed by atoms with E-state index in [1.807, 2.05) is 6.07 Å². The predicted molar refractivity (Wildman–Crippen MR) is 86.3 cm³/mol. The van der Waals surface area contributed by atoms with Gasteiger partial charge in [0.05, 0.1) is 3.57 Å². The van der Waals surface area contributed by atoms with E-state index in [4.69, 9.17) is 0 Å². The van der Waals surface area contributed by atoms with Crippen LogP contribution in [0.5, 0.6) is 5.75 Å². The summed E-state index contributed by atoms with van der Waals surface area (Å²) in [6, 6.07) is 4.08. The van der Waals surface area contributed by atoms with Gasteiger partial charge in [-0.05, 0) is 64.4 Å². The molecule has 1 aromatic carbocycles. The molecule has 94 valence electrons. The second kappa shape index (κ2) is 6.03. The standard InChI is InChI=1S/C12H16I2N2O/c1-15-2-4-16(5-3-15)8-9-6-10(13)7-11(14)12(9)17/h6-7,17H,2-5,8H2,1H3. The summed E-state index contributed by atoms with van der Waals surface area (Å²) in [7, 11) is 2.16. The van der Waals surface area contributed by atoms with Crippen LogP contribution in [-0.2, 0) is 6.54 Å². The van der Waals surface area contributed by atoms with Crippen molar-refractivity contribution in [1.82, 2.24) is 9.80 Å². The van der Waals surface area contributed by atoms with Crippen LogP contribution in [-0.4, -0.2) is 48.1 Å². The second-order valence-corrected chi connectivity index (χ2v) is 6.88. The summed E-state index contributed by atoms with van der Waals surface area (Å²) in [6.45, 7) is 5.24. The summed E-state index contributed by atoms with van der Waals surface area (Å²) in [5.74, 6) is 0.449. The van der Waals surface area contributed by atoms with Crippen LogP contribution in [0.3, 0.4) is 0 Å². The van der Waals surface area contributed by atoms with Crippen molar-refractivity contribution in [2.45, 2.75) is 6.54 Å². The van der Waals surface area contributed by atoms with E-state index >= 15 is 0 Å². The molecule has 0 saturated carbocycles. The lowest BCUT2D eigenvalue weighted by molar-refractivity contribution is 0.147. The molecular weight excluding hydrogens is 442 g/mol. The Morgan fingerprint density at radius 1 is 1.18 bits per heavy atom. The highest BCUT2D eigenvalue weighted by Crippen LogP contribution is 2.28. The van der Waals surface area contributed by atoms with Gasteiger partial charge < -0.3 is 10.0 Å². The van der Waals surface area contributed by atoms with E-state index in [1.54, 1.807) is 0 Å². The number of phenols is 1. The van der Waals surface area contributed by atoms with E-state index in [0.29, 0.717) is 5.75 Å². The molecule has 0 unspecified atom stereocenters. The molecule has 17 heavy (non-hydrogen) atoms. The van der Waals surface area contributed by atoms with E-state index in [0.717, 1.165) is 41.9 Å². The van der Waals surface area contributed by atoms with Gasteiger partial charge in [-0.15, -0.1) is 0 Å².